The van der Waals surface area contributed by atoms with Crippen molar-refractivity contribution in [1.29, 1.82) is 0 Å². The number of aromatic nitrogens is 2. The topological polar surface area (TPSA) is 61.5 Å². The Kier molecular flexibility index (Phi) is 5.13. The van der Waals surface area contributed by atoms with Gasteiger partial charge in [-0.2, -0.15) is 0 Å². The van der Waals surface area contributed by atoms with Crippen LogP contribution in [0.15, 0.2) is 47.1 Å². The average Bonchev–Trinajstić information content (AvgIpc) is 3.08. The van der Waals surface area contributed by atoms with E-state index in [0.717, 1.165) is 40.3 Å². The van der Waals surface area contributed by atoms with Crippen LogP contribution < -0.4 is 14.8 Å². The summed E-state index contributed by atoms with van der Waals surface area (Å²) in [5.41, 5.74) is 1.02. The van der Waals surface area contributed by atoms with Gasteiger partial charge < -0.3 is 18.5 Å². The highest BCUT2D eigenvalue weighted by Gasteiger charge is 2.36. The number of nitrogens with zero attached hydrogens (tertiary/aromatic N) is 2. The smallest absolute Gasteiger partial charge is 0.130 e. The molecule has 6 heteroatoms. The van der Waals surface area contributed by atoms with Gasteiger partial charge in [0.1, 0.15) is 28.8 Å². The number of nitrogens with one attached hydrogen (secondary N) is 1. The quantitative estimate of drug-likeness (QED) is 0.638. The molecule has 1 aliphatic carbocycles. The second-order valence-electron chi connectivity index (χ2n) is 7.48. The van der Waals surface area contributed by atoms with Crippen LogP contribution in [0.2, 0.25) is 0 Å². The third-order valence-corrected chi connectivity index (χ3v) is 5.46. The molecule has 2 heterocycles. The summed E-state index contributed by atoms with van der Waals surface area (Å²) in [5, 5.41) is 3.59. The lowest BCUT2D eigenvalue weighted by Gasteiger charge is -2.20. The Morgan fingerprint density at radius 1 is 1.21 bits per heavy atom. The van der Waals surface area contributed by atoms with Crippen molar-refractivity contribution < 1.29 is 13.9 Å². The van der Waals surface area contributed by atoms with Gasteiger partial charge >= 0.3 is 0 Å². The van der Waals surface area contributed by atoms with E-state index in [4.69, 9.17) is 13.9 Å². The summed E-state index contributed by atoms with van der Waals surface area (Å²) in [6.07, 6.45) is 4.97. The molecule has 0 amide bonds. The van der Waals surface area contributed by atoms with Crippen LogP contribution >= 0.6 is 0 Å². The second-order valence-corrected chi connectivity index (χ2v) is 7.48. The molecule has 148 valence electrons. The van der Waals surface area contributed by atoms with Gasteiger partial charge in [-0.1, -0.05) is 6.92 Å². The number of furan rings is 1. The number of aryl methyl sites for hydroxylation is 1. The molecule has 1 fully saturated rings. The van der Waals surface area contributed by atoms with Crippen molar-refractivity contribution >= 4 is 0 Å². The first kappa shape index (κ1) is 18.6. The Morgan fingerprint density at radius 2 is 1.93 bits per heavy atom. The highest BCUT2D eigenvalue weighted by Crippen LogP contribution is 2.47. The summed E-state index contributed by atoms with van der Waals surface area (Å²) < 4.78 is 19.0. The highest BCUT2D eigenvalue weighted by atomic mass is 16.5. The van der Waals surface area contributed by atoms with E-state index in [1.54, 1.807) is 20.4 Å². The zero-order valence-electron chi connectivity index (χ0n) is 16.8. The summed E-state index contributed by atoms with van der Waals surface area (Å²) in [6.45, 7) is 2.87. The Balaban J connectivity index is 1.59. The lowest BCUT2D eigenvalue weighted by molar-refractivity contribution is 0.391. The van der Waals surface area contributed by atoms with Gasteiger partial charge in [-0.15, -0.1) is 0 Å². The van der Waals surface area contributed by atoms with Gasteiger partial charge in [0.05, 0.1) is 26.8 Å². The van der Waals surface area contributed by atoms with Crippen LogP contribution in [0.5, 0.6) is 11.5 Å². The number of methoxy groups -OCH3 is 2. The summed E-state index contributed by atoms with van der Waals surface area (Å²) in [6, 6.07) is 9.93. The van der Waals surface area contributed by atoms with E-state index in [-0.39, 0.29) is 6.04 Å². The number of ether oxygens (including phenoxy) is 2. The molecule has 0 aliphatic heterocycles. The maximum absolute atomic E-state index is 6.06. The van der Waals surface area contributed by atoms with Crippen LogP contribution in [0.3, 0.4) is 0 Å². The van der Waals surface area contributed by atoms with Gasteiger partial charge in [0, 0.05) is 31.4 Å². The fourth-order valence-electron chi connectivity index (χ4n) is 3.62. The number of hydrogen-bond donors (Lipinski definition) is 1. The molecule has 0 spiro atoms. The van der Waals surface area contributed by atoms with Gasteiger partial charge in [0.15, 0.2) is 0 Å². The molecule has 0 bridgehead atoms. The fraction of sp³-hybridized carbons (Fsp3) is 0.409. The van der Waals surface area contributed by atoms with E-state index in [2.05, 4.69) is 29.4 Å². The first-order valence-corrected chi connectivity index (χ1v) is 9.61. The molecular weight excluding hydrogens is 354 g/mol. The lowest BCUT2D eigenvalue weighted by atomic mass is 10.0. The molecule has 6 nitrogen and oxygen atoms in total. The summed E-state index contributed by atoms with van der Waals surface area (Å²) in [4.78, 5) is 4.56. The molecule has 28 heavy (non-hydrogen) atoms. The normalized spacial score (nSPS) is 19.4. The molecule has 1 N–H and O–H groups in total. The maximum atomic E-state index is 6.06. The van der Waals surface area contributed by atoms with Crippen LogP contribution in [0, 0.1) is 5.92 Å². The number of imidazole rings is 1. The molecule has 2 aromatic heterocycles. The van der Waals surface area contributed by atoms with Gasteiger partial charge in [0.2, 0.25) is 0 Å². The molecule has 0 saturated heterocycles. The minimum atomic E-state index is -0.127. The van der Waals surface area contributed by atoms with E-state index in [1.807, 2.05) is 36.0 Å². The maximum Gasteiger partial charge on any atom is 0.130 e. The second kappa shape index (κ2) is 7.72. The monoisotopic (exact) mass is 381 g/mol. The molecular formula is C22H27N3O3. The molecule has 1 aliphatic rings. The summed E-state index contributed by atoms with van der Waals surface area (Å²) >= 11 is 0. The first-order valence-electron chi connectivity index (χ1n) is 9.61. The van der Waals surface area contributed by atoms with E-state index in [0.29, 0.717) is 12.5 Å². The molecule has 3 aromatic rings. The van der Waals surface area contributed by atoms with E-state index < -0.39 is 0 Å². The standard InChI is InChI=1S/C22H27N3O3/c1-14-9-19(14)20-6-5-16(28-20)13-24-21(22-23-7-8-25(22)2)15-10-17(26-3)12-18(11-15)27-4/h5-8,10-12,14,19,21,24H,9,13H2,1-4H3. The molecule has 1 saturated carbocycles. The van der Waals surface area contributed by atoms with Crippen molar-refractivity contribution in [3.8, 4) is 11.5 Å². The Morgan fingerprint density at radius 3 is 2.50 bits per heavy atom. The third kappa shape index (κ3) is 3.78. The van der Waals surface area contributed by atoms with Crippen LogP contribution in [-0.2, 0) is 13.6 Å². The summed E-state index contributed by atoms with van der Waals surface area (Å²) in [5.74, 6) is 5.76. The lowest BCUT2D eigenvalue weighted by Crippen LogP contribution is -2.24. The SMILES string of the molecule is COc1cc(OC)cc(C(NCc2ccc(C3CC3C)o2)c2nccn2C)c1. The predicted octanol–water partition coefficient (Wildman–Crippen LogP) is 4.03. The van der Waals surface area contributed by atoms with Gasteiger partial charge in [-0.25, -0.2) is 4.98 Å². The molecule has 1 aromatic carbocycles. The van der Waals surface area contributed by atoms with Crippen molar-refractivity contribution in [2.24, 2.45) is 13.0 Å². The van der Waals surface area contributed by atoms with Crippen LogP contribution in [0.4, 0.5) is 0 Å². The minimum Gasteiger partial charge on any atom is -0.497 e. The van der Waals surface area contributed by atoms with Crippen molar-refractivity contribution in [3.05, 3.63) is 65.6 Å². The van der Waals surface area contributed by atoms with Gasteiger partial charge in [0.25, 0.3) is 0 Å². The van der Waals surface area contributed by atoms with Gasteiger partial charge in [-0.05, 0) is 42.2 Å². The van der Waals surface area contributed by atoms with E-state index in [1.165, 1.54) is 6.42 Å². The van der Waals surface area contributed by atoms with Gasteiger partial charge in [-0.3, -0.25) is 5.32 Å². The zero-order chi connectivity index (χ0) is 19.7. The predicted molar refractivity (Wildman–Crippen MR) is 107 cm³/mol. The first-order chi connectivity index (χ1) is 13.6. The van der Waals surface area contributed by atoms with E-state index in [9.17, 15) is 0 Å². The van der Waals surface area contributed by atoms with Crippen molar-refractivity contribution in [3.63, 3.8) is 0 Å². The Labute approximate surface area is 165 Å². The third-order valence-electron chi connectivity index (χ3n) is 5.46. The highest BCUT2D eigenvalue weighted by molar-refractivity contribution is 5.41. The Hall–Kier alpha value is -2.73. The zero-order valence-corrected chi connectivity index (χ0v) is 16.8. The van der Waals surface area contributed by atoms with Crippen molar-refractivity contribution in [2.45, 2.75) is 31.8 Å². The van der Waals surface area contributed by atoms with Crippen LogP contribution in [0.1, 0.15) is 48.2 Å². The minimum absolute atomic E-state index is 0.127. The Bertz CT molecular complexity index is 924. The van der Waals surface area contributed by atoms with Crippen LogP contribution in [0.25, 0.3) is 0 Å². The van der Waals surface area contributed by atoms with Crippen LogP contribution in [-0.4, -0.2) is 23.8 Å². The largest absolute Gasteiger partial charge is 0.497 e. The van der Waals surface area contributed by atoms with Crippen molar-refractivity contribution in [1.82, 2.24) is 14.9 Å². The van der Waals surface area contributed by atoms with Crippen molar-refractivity contribution in [2.75, 3.05) is 14.2 Å². The summed E-state index contributed by atoms with van der Waals surface area (Å²) in [7, 11) is 5.31. The molecule has 3 unspecified atom stereocenters. The number of benzene rings is 1. The van der Waals surface area contributed by atoms with E-state index >= 15 is 0 Å². The molecule has 3 atom stereocenters. The number of hydrogen-bond acceptors (Lipinski definition) is 5. The average molecular weight is 381 g/mol. The molecule has 0 radical (unpaired) electrons. The fourth-order valence-corrected chi connectivity index (χ4v) is 3.62. The number of rotatable bonds is 8. The molecule has 4 rings (SSSR count).